The zero-order chi connectivity index (χ0) is 12.8. The topological polar surface area (TPSA) is 84.9 Å². The van der Waals surface area contributed by atoms with E-state index in [1.54, 1.807) is 27.7 Å². The molecule has 0 unspecified atom stereocenters. The zero-order valence-electron chi connectivity index (χ0n) is 10.1. The van der Waals surface area contributed by atoms with Crippen LogP contribution in [0.15, 0.2) is 0 Å². The molecule has 0 aliphatic carbocycles. The summed E-state index contributed by atoms with van der Waals surface area (Å²) in [5, 5.41) is 11.5. The lowest BCUT2D eigenvalue weighted by Crippen LogP contribution is -2.40. The molecule has 0 fully saturated rings. The summed E-state index contributed by atoms with van der Waals surface area (Å²) in [5.74, 6) is -0.765. The number of aliphatic hydroxyl groups is 1. The Hall–Kier alpha value is -1.30. The van der Waals surface area contributed by atoms with Gasteiger partial charge in [0.1, 0.15) is 5.60 Å². The molecule has 0 radical (unpaired) electrons. The third-order valence-electron chi connectivity index (χ3n) is 1.40. The number of esters is 1. The molecule has 0 aromatic rings. The van der Waals surface area contributed by atoms with E-state index < -0.39 is 23.8 Å². The fourth-order valence-corrected chi connectivity index (χ4v) is 0.816. The van der Waals surface area contributed by atoms with Gasteiger partial charge >= 0.3 is 12.1 Å². The molecule has 0 heterocycles. The molecule has 0 saturated carbocycles. The van der Waals surface area contributed by atoms with Crippen molar-refractivity contribution in [1.82, 2.24) is 5.32 Å². The summed E-state index contributed by atoms with van der Waals surface area (Å²) < 4.78 is 9.47. The highest BCUT2D eigenvalue weighted by Crippen LogP contribution is 2.06. The molecule has 6 nitrogen and oxygen atoms in total. The minimum atomic E-state index is -1.37. The second kappa shape index (κ2) is 6.32. The standard InChI is InChI=1S/C10H19NO5/c1-5-15-8(13)7(12)6-11-9(14)16-10(2,3)4/h7,12H,5-6H2,1-4H3,(H,11,14)/t7-/m1/s1. The Morgan fingerprint density at radius 2 is 1.94 bits per heavy atom. The number of rotatable bonds is 4. The van der Waals surface area contributed by atoms with Gasteiger partial charge in [0.15, 0.2) is 6.10 Å². The maximum Gasteiger partial charge on any atom is 0.407 e. The molecule has 0 aliphatic heterocycles. The lowest BCUT2D eigenvalue weighted by atomic mass is 10.2. The molecular formula is C10H19NO5. The molecule has 1 atom stereocenters. The van der Waals surface area contributed by atoms with Crippen molar-refractivity contribution in [3.05, 3.63) is 0 Å². The number of aliphatic hydroxyl groups excluding tert-OH is 1. The van der Waals surface area contributed by atoms with Gasteiger partial charge in [0.2, 0.25) is 0 Å². The molecule has 1 amide bonds. The van der Waals surface area contributed by atoms with Gasteiger partial charge in [0.05, 0.1) is 13.2 Å². The summed E-state index contributed by atoms with van der Waals surface area (Å²) in [4.78, 5) is 22.1. The zero-order valence-corrected chi connectivity index (χ0v) is 10.1. The number of nitrogens with one attached hydrogen (secondary N) is 1. The molecule has 2 N–H and O–H groups in total. The van der Waals surface area contributed by atoms with Crippen LogP contribution in [0.3, 0.4) is 0 Å². The number of amides is 1. The number of alkyl carbamates (subject to hydrolysis) is 1. The van der Waals surface area contributed by atoms with Gasteiger partial charge in [0, 0.05) is 0 Å². The van der Waals surface area contributed by atoms with Crippen LogP contribution in [0.1, 0.15) is 27.7 Å². The first-order valence-electron chi connectivity index (χ1n) is 5.08. The Kier molecular flexibility index (Phi) is 5.81. The maximum atomic E-state index is 11.1. The van der Waals surface area contributed by atoms with Crippen LogP contribution in [0.4, 0.5) is 4.79 Å². The maximum absolute atomic E-state index is 11.1. The second-order valence-electron chi connectivity index (χ2n) is 4.15. The third-order valence-corrected chi connectivity index (χ3v) is 1.40. The first kappa shape index (κ1) is 14.7. The van der Waals surface area contributed by atoms with Crippen molar-refractivity contribution in [3.63, 3.8) is 0 Å². The van der Waals surface area contributed by atoms with E-state index >= 15 is 0 Å². The van der Waals surface area contributed by atoms with E-state index in [-0.39, 0.29) is 13.2 Å². The van der Waals surface area contributed by atoms with Gasteiger partial charge in [-0.15, -0.1) is 0 Å². The SMILES string of the molecule is CCOC(=O)[C@H](O)CNC(=O)OC(C)(C)C. The Balaban J connectivity index is 3.88. The number of ether oxygens (including phenoxy) is 2. The number of hydrogen-bond acceptors (Lipinski definition) is 5. The van der Waals surface area contributed by atoms with Crippen molar-refractivity contribution in [2.45, 2.75) is 39.4 Å². The van der Waals surface area contributed by atoms with E-state index in [1.165, 1.54) is 0 Å². The van der Waals surface area contributed by atoms with Crippen molar-refractivity contribution in [1.29, 1.82) is 0 Å². The van der Waals surface area contributed by atoms with Crippen molar-refractivity contribution >= 4 is 12.1 Å². The molecular weight excluding hydrogens is 214 g/mol. The summed E-state index contributed by atoms with van der Waals surface area (Å²) in [5.41, 5.74) is -0.612. The minimum absolute atomic E-state index is 0.183. The Labute approximate surface area is 94.9 Å². The van der Waals surface area contributed by atoms with E-state index in [0.717, 1.165) is 0 Å². The second-order valence-corrected chi connectivity index (χ2v) is 4.15. The summed E-state index contributed by atoms with van der Waals surface area (Å²) in [6.45, 7) is 6.74. The first-order valence-corrected chi connectivity index (χ1v) is 5.08. The quantitative estimate of drug-likeness (QED) is 0.688. The average molecular weight is 233 g/mol. The normalized spacial score (nSPS) is 12.8. The minimum Gasteiger partial charge on any atom is -0.464 e. The molecule has 0 saturated heterocycles. The van der Waals surface area contributed by atoms with Crippen molar-refractivity contribution in [3.8, 4) is 0 Å². The van der Waals surface area contributed by atoms with Crippen LogP contribution in [-0.2, 0) is 14.3 Å². The molecule has 0 aromatic carbocycles. The fraction of sp³-hybridized carbons (Fsp3) is 0.800. The Morgan fingerprint density at radius 1 is 1.38 bits per heavy atom. The van der Waals surface area contributed by atoms with Crippen LogP contribution in [-0.4, -0.2) is 42.0 Å². The largest absolute Gasteiger partial charge is 0.464 e. The van der Waals surface area contributed by atoms with Crippen LogP contribution < -0.4 is 5.32 Å². The number of carbonyl (C=O) groups is 2. The molecule has 0 bridgehead atoms. The molecule has 0 spiro atoms. The van der Waals surface area contributed by atoms with Crippen LogP contribution in [0.2, 0.25) is 0 Å². The number of hydrogen-bond donors (Lipinski definition) is 2. The van der Waals surface area contributed by atoms with Gasteiger partial charge in [-0.2, -0.15) is 0 Å². The van der Waals surface area contributed by atoms with Gasteiger partial charge in [-0.3, -0.25) is 0 Å². The lowest BCUT2D eigenvalue weighted by Gasteiger charge is -2.20. The Bertz CT molecular complexity index is 246. The Morgan fingerprint density at radius 3 is 2.38 bits per heavy atom. The molecule has 16 heavy (non-hydrogen) atoms. The van der Waals surface area contributed by atoms with Gasteiger partial charge < -0.3 is 19.9 Å². The highest BCUT2D eigenvalue weighted by atomic mass is 16.6. The van der Waals surface area contributed by atoms with Crippen molar-refractivity contribution < 1.29 is 24.2 Å². The van der Waals surface area contributed by atoms with Crippen molar-refractivity contribution in [2.75, 3.05) is 13.2 Å². The summed E-state index contributed by atoms with van der Waals surface area (Å²) >= 11 is 0. The summed E-state index contributed by atoms with van der Waals surface area (Å²) in [7, 11) is 0. The van der Waals surface area contributed by atoms with Crippen LogP contribution in [0.25, 0.3) is 0 Å². The predicted molar refractivity (Wildman–Crippen MR) is 56.9 cm³/mol. The average Bonchev–Trinajstić information content (AvgIpc) is 2.11. The van der Waals surface area contributed by atoms with E-state index in [2.05, 4.69) is 10.1 Å². The fourth-order valence-electron chi connectivity index (χ4n) is 0.816. The molecule has 0 aliphatic rings. The monoisotopic (exact) mass is 233 g/mol. The van der Waals surface area contributed by atoms with E-state index in [1.807, 2.05) is 0 Å². The van der Waals surface area contributed by atoms with Crippen LogP contribution in [0, 0.1) is 0 Å². The van der Waals surface area contributed by atoms with E-state index in [4.69, 9.17) is 4.74 Å². The smallest absolute Gasteiger partial charge is 0.407 e. The lowest BCUT2D eigenvalue weighted by molar-refractivity contribution is -0.152. The highest BCUT2D eigenvalue weighted by molar-refractivity contribution is 5.76. The predicted octanol–water partition coefficient (Wildman–Crippen LogP) is 0.435. The van der Waals surface area contributed by atoms with Gasteiger partial charge in [-0.25, -0.2) is 9.59 Å². The molecule has 94 valence electrons. The molecule has 6 heteroatoms. The van der Waals surface area contributed by atoms with Gasteiger partial charge in [0.25, 0.3) is 0 Å². The molecule has 0 aromatic heterocycles. The van der Waals surface area contributed by atoms with Crippen LogP contribution in [0.5, 0.6) is 0 Å². The van der Waals surface area contributed by atoms with Gasteiger partial charge in [-0.1, -0.05) is 0 Å². The molecule has 0 rings (SSSR count). The summed E-state index contributed by atoms with van der Waals surface area (Å²) in [6.07, 6.45) is -2.05. The number of carbonyl (C=O) groups excluding carboxylic acids is 2. The summed E-state index contributed by atoms with van der Waals surface area (Å²) in [6, 6.07) is 0. The van der Waals surface area contributed by atoms with E-state index in [0.29, 0.717) is 0 Å². The highest BCUT2D eigenvalue weighted by Gasteiger charge is 2.20. The third kappa shape index (κ3) is 7.05. The van der Waals surface area contributed by atoms with E-state index in [9.17, 15) is 14.7 Å². The van der Waals surface area contributed by atoms with Gasteiger partial charge in [-0.05, 0) is 27.7 Å². The van der Waals surface area contributed by atoms with Crippen molar-refractivity contribution in [2.24, 2.45) is 0 Å². The van der Waals surface area contributed by atoms with Crippen LogP contribution >= 0.6 is 0 Å². The first-order chi connectivity index (χ1) is 7.26.